The van der Waals surface area contributed by atoms with E-state index in [1.807, 2.05) is 19.1 Å². The second-order valence-corrected chi connectivity index (χ2v) is 7.51. The van der Waals surface area contributed by atoms with Crippen molar-refractivity contribution in [2.24, 2.45) is 0 Å². The lowest BCUT2D eigenvalue weighted by atomic mass is 10.1. The highest BCUT2D eigenvalue weighted by atomic mass is 16.2. The Balaban J connectivity index is 1.85. The predicted molar refractivity (Wildman–Crippen MR) is 114 cm³/mol. The number of benzene rings is 1. The summed E-state index contributed by atoms with van der Waals surface area (Å²) in [6.07, 6.45) is 5.86. The number of hydrogen-bond donors (Lipinski definition) is 0. The summed E-state index contributed by atoms with van der Waals surface area (Å²) in [5.74, 6) is 1.89. The summed E-state index contributed by atoms with van der Waals surface area (Å²) in [6.45, 7) is 6.13. The SMILES string of the molecule is CC[C@@H]1C(=O)N(C)c2cnc(-n3ccnc3-c3cccc(C#N)c3)nc2N1C(C)C. The molecule has 0 spiro atoms. The van der Waals surface area contributed by atoms with Crippen LogP contribution in [0.25, 0.3) is 17.3 Å². The van der Waals surface area contributed by atoms with Crippen LogP contribution in [-0.4, -0.2) is 44.6 Å². The minimum absolute atomic E-state index is 0.0479. The molecule has 1 atom stereocenters. The fraction of sp³-hybridized carbons (Fsp3) is 0.318. The molecule has 3 aromatic rings. The van der Waals surface area contributed by atoms with Crippen LogP contribution in [-0.2, 0) is 4.79 Å². The fourth-order valence-electron chi connectivity index (χ4n) is 3.89. The number of aromatic nitrogens is 4. The molecule has 8 nitrogen and oxygen atoms in total. The van der Waals surface area contributed by atoms with Crippen LogP contribution >= 0.6 is 0 Å². The molecule has 0 N–H and O–H groups in total. The summed E-state index contributed by atoms with van der Waals surface area (Å²) in [4.78, 5) is 30.4. The number of rotatable bonds is 4. The Hall–Kier alpha value is -3.73. The number of anilines is 2. The standard InChI is InChI=1S/C22H23N7O/c1-5-17-21(30)27(4)18-13-25-22(26-20(18)29(17)14(2)3)28-10-9-24-19(28)16-8-6-7-15(11-16)12-23/h6-11,13-14,17H,5H2,1-4H3/t17-/m1/s1. The van der Waals surface area contributed by atoms with Crippen LogP contribution in [0.1, 0.15) is 32.8 Å². The summed E-state index contributed by atoms with van der Waals surface area (Å²) in [5.41, 5.74) is 2.06. The number of nitriles is 1. The number of fused-ring (bicyclic) bond motifs is 1. The zero-order valence-electron chi connectivity index (χ0n) is 17.4. The lowest BCUT2D eigenvalue weighted by molar-refractivity contribution is -0.120. The third kappa shape index (κ3) is 3.08. The van der Waals surface area contributed by atoms with Crippen LogP contribution in [0.4, 0.5) is 11.5 Å². The zero-order chi connectivity index (χ0) is 21.4. The van der Waals surface area contributed by atoms with E-state index in [4.69, 9.17) is 4.98 Å². The monoisotopic (exact) mass is 401 g/mol. The molecule has 0 saturated carbocycles. The van der Waals surface area contributed by atoms with Crippen molar-refractivity contribution in [3.63, 3.8) is 0 Å². The van der Waals surface area contributed by atoms with Gasteiger partial charge in [-0.25, -0.2) is 9.97 Å². The molecule has 0 saturated heterocycles. The molecule has 1 aliphatic rings. The average Bonchev–Trinajstić information content (AvgIpc) is 3.25. The van der Waals surface area contributed by atoms with E-state index in [9.17, 15) is 10.1 Å². The van der Waals surface area contributed by atoms with Gasteiger partial charge in [0.15, 0.2) is 5.82 Å². The van der Waals surface area contributed by atoms with Crippen LogP contribution in [0.2, 0.25) is 0 Å². The van der Waals surface area contributed by atoms with Crippen molar-refractivity contribution in [2.75, 3.05) is 16.8 Å². The van der Waals surface area contributed by atoms with Gasteiger partial charge in [-0.2, -0.15) is 10.2 Å². The summed E-state index contributed by atoms with van der Waals surface area (Å²) < 4.78 is 1.80. The molecule has 0 bridgehead atoms. The average molecular weight is 401 g/mol. The minimum atomic E-state index is -0.264. The smallest absolute Gasteiger partial charge is 0.249 e. The van der Waals surface area contributed by atoms with Crippen molar-refractivity contribution in [1.82, 2.24) is 19.5 Å². The van der Waals surface area contributed by atoms with Crippen LogP contribution in [0.3, 0.4) is 0 Å². The molecule has 152 valence electrons. The van der Waals surface area contributed by atoms with Crippen molar-refractivity contribution in [2.45, 2.75) is 39.3 Å². The fourth-order valence-corrected chi connectivity index (χ4v) is 3.89. The maximum Gasteiger partial charge on any atom is 0.249 e. The number of carbonyl (C=O) groups excluding carboxylic acids is 1. The van der Waals surface area contributed by atoms with Gasteiger partial charge in [0.05, 0.1) is 17.8 Å². The number of hydrogen-bond acceptors (Lipinski definition) is 6. The number of amides is 1. The third-order valence-electron chi connectivity index (χ3n) is 5.34. The first kappa shape index (κ1) is 19.6. The van der Waals surface area contributed by atoms with Gasteiger partial charge in [-0.05, 0) is 32.4 Å². The largest absolute Gasteiger partial charge is 0.340 e. The molecule has 8 heteroatoms. The van der Waals surface area contributed by atoms with Crippen LogP contribution in [0.15, 0.2) is 42.9 Å². The maximum absolute atomic E-state index is 12.8. The topological polar surface area (TPSA) is 90.9 Å². The Labute approximate surface area is 175 Å². The zero-order valence-corrected chi connectivity index (χ0v) is 17.4. The second kappa shape index (κ2) is 7.59. The summed E-state index contributed by atoms with van der Waals surface area (Å²) >= 11 is 0. The van der Waals surface area contributed by atoms with Crippen LogP contribution in [0, 0.1) is 11.3 Å². The van der Waals surface area contributed by atoms with Crippen molar-refractivity contribution in [1.29, 1.82) is 5.26 Å². The first-order chi connectivity index (χ1) is 14.5. The lowest BCUT2D eigenvalue weighted by Crippen LogP contribution is -2.55. The van der Waals surface area contributed by atoms with Crippen molar-refractivity contribution >= 4 is 17.4 Å². The van der Waals surface area contributed by atoms with Gasteiger partial charge < -0.3 is 9.80 Å². The molecule has 1 amide bonds. The minimum Gasteiger partial charge on any atom is -0.340 e. The molecule has 30 heavy (non-hydrogen) atoms. The third-order valence-corrected chi connectivity index (χ3v) is 5.34. The molecular weight excluding hydrogens is 378 g/mol. The Morgan fingerprint density at radius 1 is 1.27 bits per heavy atom. The van der Waals surface area contributed by atoms with Gasteiger partial charge in [0.2, 0.25) is 11.9 Å². The molecule has 0 aliphatic carbocycles. The first-order valence-corrected chi connectivity index (χ1v) is 9.93. The molecular formula is C22H23N7O. The molecule has 4 rings (SSSR count). The summed E-state index contributed by atoms with van der Waals surface area (Å²) in [6, 6.07) is 9.26. The van der Waals surface area contributed by atoms with Crippen molar-refractivity contribution < 1.29 is 4.79 Å². The quantitative estimate of drug-likeness (QED) is 0.667. The molecule has 0 unspecified atom stereocenters. The van der Waals surface area contributed by atoms with Gasteiger partial charge in [0.1, 0.15) is 17.6 Å². The van der Waals surface area contributed by atoms with E-state index < -0.39 is 0 Å². The Kier molecular flexibility index (Phi) is 4.96. The van der Waals surface area contributed by atoms with E-state index in [0.717, 1.165) is 11.4 Å². The predicted octanol–water partition coefficient (Wildman–Crippen LogP) is 3.17. The van der Waals surface area contributed by atoms with E-state index in [-0.39, 0.29) is 18.0 Å². The van der Waals surface area contributed by atoms with Crippen LogP contribution in [0.5, 0.6) is 0 Å². The molecule has 1 aromatic carbocycles. The lowest BCUT2D eigenvalue weighted by Gasteiger charge is -2.42. The van der Waals surface area contributed by atoms with Crippen LogP contribution < -0.4 is 9.80 Å². The molecule has 1 aliphatic heterocycles. The maximum atomic E-state index is 12.8. The van der Waals surface area contributed by atoms with Gasteiger partial charge >= 0.3 is 0 Å². The van der Waals surface area contributed by atoms with E-state index in [1.165, 1.54) is 0 Å². The van der Waals surface area contributed by atoms with Gasteiger partial charge in [0, 0.05) is 31.0 Å². The van der Waals surface area contributed by atoms with Gasteiger partial charge in [-0.3, -0.25) is 9.36 Å². The normalized spacial score (nSPS) is 16.0. The second-order valence-electron chi connectivity index (χ2n) is 7.51. The molecule has 3 heterocycles. The Morgan fingerprint density at radius 2 is 2.07 bits per heavy atom. The number of imidazole rings is 1. The Bertz CT molecular complexity index is 1140. The van der Waals surface area contributed by atoms with Gasteiger partial charge in [0.25, 0.3) is 0 Å². The number of carbonyl (C=O) groups is 1. The van der Waals surface area contributed by atoms with Crippen molar-refractivity contribution in [3.05, 3.63) is 48.4 Å². The molecule has 0 fully saturated rings. The first-order valence-electron chi connectivity index (χ1n) is 9.93. The van der Waals surface area contributed by atoms with E-state index >= 15 is 0 Å². The van der Waals surface area contributed by atoms with Gasteiger partial charge in [-0.1, -0.05) is 19.1 Å². The highest BCUT2D eigenvalue weighted by Crippen LogP contribution is 2.36. The number of likely N-dealkylation sites (N-methyl/N-ethyl adjacent to an activating group) is 1. The van der Waals surface area contributed by atoms with E-state index in [0.29, 0.717) is 29.4 Å². The highest BCUT2D eigenvalue weighted by Gasteiger charge is 2.38. The van der Waals surface area contributed by atoms with Crippen molar-refractivity contribution in [3.8, 4) is 23.4 Å². The van der Waals surface area contributed by atoms with E-state index in [1.54, 1.807) is 47.2 Å². The Morgan fingerprint density at radius 3 is 2.77 bits per heavy atom. The van der Waals surface area contributed by atoms with E-state index in [2.05, 4.69) is 34.8 Å². The summed E-state index contributed by atoms with van der Waals surface area (Å²) in [7, 11) is 1.76. The highest BCUT2D eigenvalue weighted by molar-refractivity contribution is 6.04. The molecule has 2 aromatic heterocycles. The number of nitrogens with zero attached hydrogens (tertiary/aromatic N) is 7. The molecule has 0 radical (unpaired) electrons. The van der Waals surface area contributed by atoms with Gasteiger partial charge in [-0.15, -0.1) is 0 Å². The summed E-state index contributed by atoms with van der Waals surface area (Å²) in [5, 5.41) is 9.21.